The summed E-state index contributed by atoms with van der Waals surface area (Å²) in [6.45, 7) is 7.38. The number of aromatic nitrogens is 2. The highest BCUT2D eigenvalue weighted by molar-refractivity contribution is 5.99. The number of nitrogens with two attached hydrogens (primary N) is 1. The first kappa shape index (κ1) is 18.5. The van der Waals surface area contributed by atoms with Gasteiger partial charge in [-0.05, 0) is 43.0 Å². The van der Waals surface area contributed by atoms with E-state index in [1.165, 1.54) is 0 Å². The molecule has 4 rings (SSSR count). The predicted molar refractivity (Wildman–Crippen MR) is 108 cm³/mol. The number of nitrogens with zero attached hydrogens (tertiary/aromatic N) is 3. The summed E-state index contributed by atoms with van der Waals surface area (Å²) < 4.78 is 7.53. The molecule has 3 heterocycles. The van der Waals surface area contributed by atoms with Gasteiger partial charge in [0.1, 0.15) is 11.5 Å². The average molecular weight is 378 g/mol. The Labute approximate surface area is 164 Å². The fraction of sp³-hybridized carbons (Fsp3) is 0.364. The van der Waals surface area contributed by atoms with E-state index in [0.717, 1.165) is 17.9 Å². The van der Waals surface area contributed by atoms with E-state index in [1.54, 1.807) is 10.9 Å². The van der Waals surface area contributed by atoms with Crippen molar-refractivity contribution in [3.05, 3.63) is 60.0 Å². The molecule has 1 aliphatic rings. The van der Waals surface area contributed by atoms with Crippen molar-refractivity contribution in [2.75, 3.05) is 13.1 Å². The number of rotatable bonds is 3. The molecule has 1 amide bonds. The number of aryl methyl sites for hydroxylation is 1. The minimum absolute atomic E-state index is 0.0359. The zero-order valence-electron chi connectivity index (χ0n) is 16.6. The molecule has 6 nitrogen and oxygen atoms in total. The Morgan fingerprint density at radius 3 is 2.61 bits per heavy atom. The Kier molecular flexibility index (Phi) is 4.59. The number of amides is 1. The van der Waals surface area contributed by atoms with Gasteiger partial charge in [-0.25, -0.2) is 4.68 Å². The Balaban J connectivity index is 1.75. The summed E-state index contributed by atoms with van der Waals surface area (Å²) in [6.07, 6.45) is 2.59. The standard InChI is InChI=1S/C22H26N4O2/c1-15-9-10-18(28-15)20-17(13-26(24-20)16-7-5-4-6-8-16)21(27)25-12-11-19(23)22(2,3)14-25/h4-10,13,19H,11-12,14,23H2,1-3H3. The Morgan fingerprint density at radius 2 is 1.96 bits per heavy atom. The van der Waals surface area contributed by atoms with Crippen LogP contribution in [0.4, 0.5) is 0 Å². The van der Waals surface area contributed by atoms with Gasteiger partial charge in [0.05, 0.1) is 11.3 Å². The van der Waals surface area contributed by atoms with Crippen LogP contribution in [0.15, 0.2) is 53.1 Å². The molecule has 0 spiro atoms. The van der Waals surface area contributed by atoms with Gasteiger partial charge in [-0.1, -0.05) is 32.0 Å². The fourth-order valence-corrected chi connectivity index (χ4v) is 3.70. The van der Waals surface area contributed by atoms with Gasteiger partial charge in [-0.2, -0.15) is 5.10 Å². The van der Waals surface area contributed by atoms with Gasteiger partial charge in [0.2, 0.25) is 0 Å². The zero-order valence-corrected chi connectivity index (χ0v) is 16.6. The van der Waals surface area contributed by atoms with Gasteiger partial charge in [0.15, 0.2) is 5.76 Å². The molecule has 3 aromatic rings. The van der Waals surface area contributed by atoms with Gasteiger partial charge in [-0.3, -0.25) is 4.79 Å². The lowest BCUT2D eigenvalue weighted by Crippen LogP contribution is -2.54. The van der Waals surface area contributed by atoms with Crippen molar-refractivity contribution in [3.63, 3.8) is 0 Å². The molecule has 146 valence electrons. The van der Waals surface area contributed by atoms with Crippen molar-refractivity contribution < 1.29 is 9.21 Å². The third-order valence-corrected chi connectivity index (χ3v) is 5.54. The Bertz CT molecular complexity index is 987. The highest BCUT2D eigenvalue weighted by atomic mass is 16.3. The molecule has 1 aromatic carbocycles. The van der Waals surface area contributed by atoms with Gasteiger partial charge < -0.3 is 15.1 Å². The minimum atomic E-state index is -0.120. The normalized spacial score (nSPS) is 19.0. The van der Waals surface area contributed by atoms with E-state index in [4.69, 9.17) is 10.2 Å². The maximum atomic E-state index is 13.4. The van der Waals surface area contributed by atoms with Crippen LogP contribution in [-0.4, -0.2) is 39.7 Å². The number of furan rings is 1. The van der Waals surface area contributed by atoms with Crippen LogP contribution in [0.5, 0.6) is 0 Å². The lowest BCUT2D eigenvalue weighted by atomic mass is 9.79. The number of piperidine rings is 1. The van der Waals surface area contributed by atoms with E-state index in [1.807, 2.05) is 54.3 Å². The molecule has 1 saturated heterocycles. The van der Waals surface area contributed by atoms with Crippen molar-refractivity contribution in [1.82, 2.24) is 14.7 Å². The topological polar surface area (TPSA) is 77.3 Å². The van der Waals surface area contributed by atoms with Crippen molar-refractivity contribution in [2.45, 2.75) is 33.2 Å². The van der Waals surface area contributed by atoms with Crippen LogP contribution in [0, 0.1) is 12.3 Å². The lowest BCUT2D eigenvalue weighted by molar-refractivity contribution is 0.0533. The average Bonchev–Trinajstić information content (AvgIpc) is 3.30. The maximum absolute atomic E-state index is 13.4. The van der Waals surface area contributed by atoms with Crippen LogP contribution in [-0.2, 0) is 0 Å². The van der Waals surface area contributed by atoms with E-state index in [-0.39, 0.29) is 17.4 Å². The summed E-state index contributed by atoms with van der Waals surface area (Å²) in [5.74, 6) is 1.35. The number of benzene rings is 1. The lowest BCUT2D eigenvalue weighted by Gasteiger charge is -2.42. The van der Waals surface area contributed by atoms with Crippen molar-refractivity contribution in [3.8, 4) is 17.1 Å². The van der Waals surface area contributed by atoms with Crippen LogP contribution in [0.1, 0.15) is 36.4 Å². The molecule has 28 heavy (non-hydrogen) atoms. The van der Waals surface area contributed by atoms with Gasteiger partial charge in [-0.15, -0.1) is 0 Å². The molecule has 1 fully saturated rings. The highest BCUT2D eigenvalue weighted by Gasteiger charge is 2.37. The van der Waals surface area contributed by atoms with Crippen LogP contribution < -0.4 is 5.73 Å². The van der Waals surface area contributed by atoms with Gasteiger partial charge in [0, 0.05) is 25.3 Å². The summed E-state index contributed by atoms with van der Waals surface area (Å²) in [6, 6.07) is 13.6. The Morgan fingerprint density at radius 1 is 1.21 bits per heavy atom. The largest absolute Gasteiger partial charge is 0.460 e. The van der Waals surface area contributed by atoms with Crippen molar-refractivity contribution >= 4 is 5.91 Å². The number of hydrogen-bond acceptors (Lipinski definition) is 4. The maximum Gasteiger partial charge on any atom is 0.257 e. The molecular formula is C22H26N4O2. The molecule has 0 saturated carbocycles. The second-order valence-corrected chi connectivity index (χ2v) is 8.19. The van der Waals surface area contributed by atoms with Crippen LogP contribution in [0.2, 0.25) is 0 Å². The fourth-order valence-electron chi connectivity index (χ4n) is 3.70. The van der Waals surface area contributed by atoms with E-state index < -0.39 is 0 Å². The van der Waals surface area contributed by atoms with Crippen LogP contribution >= 0.6 is 0 Å². The third-order valence-electron chi connectivity index (χ3n) is 5.54. The zero-order chi connectivity index (χ0) is 19.9. The van der Waals surface area contributed by atoms with Crippen molar-refractivity contribution in [1.29, 1.82) is 0 Å². The molecule has 0 bridgehead atoms. The molecule has 1 atom stereocenters. The Hall–Kier alpha value is -2.86. The van der Waals surface area contributed by atoms with Crippen LogP contribution in [0.3, 0.4) is 0 Å². The van der Waals surface area contributed by atoms with Gasteiger partial charge in [0.25, 0.3) is 5.91 Å². The second kappa shape index (κ2) is 6.95. The van der Waals surface area contributed by atoms with E-state index >= 15 is 0 Å². The smallest absolute Gasteiger partial charge is 0.257 e. The number of carbonyl (C=O) groups is 1. The molecule has 1 aliphatic heterocycles. The molecule has 1 unspecified atom stereocenters. The predicted octanol–water partition coefficient (Wildman–Crippen LogP) is 3.64. The van der Waals surface area contributed by atoms with Gasteiger partial charge >= 0.3 is 0 Å². The summed E-state index contributed by atoms with van der Waals surface area (Å²) in [7, 11) is 0. The summed E-state index contributed by atoms with van der Waals surface area (Å²) in [4.78, 5) is 15.3. The summed E-state index contributed by atoms with van der Waals surface area (Å²) in [5.41, 5.74) is 8.13. The minimum Gasteiger partial charge on any atom is -0.460 e. The van der Waals surface area contributed by atoms with Crippen LogP contribution in [0.25, 0.3) is 17.1 Å². The first-order valence-corrected chi connectivity index (χ1v) is 9.62. The highest BCUT2D eigenvalue weighted by Crippen LogP contribution is 2.31. The second-order valence-electron chi connectivity index (χ2n) is 8.19. The molecule has 0 radical (unpaired) electrons. The van der Waals surface area contributed by atoms with E-state index in [2.05, 4.69) is 18.9 Å². The summed E-state index contributed by atoms with van der Waals surface area (Å²) in [5, 5.41) is 4.68. The first-order valence-electron chi connectivity index (χ1n) is 9.62. The number of para-hydroxylation sites is 1. The molecular weight excluding hydrogens is 352 g/mol. The molecule has 2 aromatic heterocycles. The van der Waals surface area contributed by atoms with E-state index in [9.17, 15) is 4.79 Å². The quantitative estimate of drug-likeness (QED) is 0.755. The first-order chi connectivity index (χ1) is 13.3. The number of likely N-dealkylation sites (tertiary alicyclic amines) is 1. The molecule has 0 aliphatic carbocycles. The molecule has 6 heteroatoms. The third kappa shape index (κ3) is 3.36. The summed E-state index contributed by atoms with van der Waals surface area (Å²) >= 11 is 0. The number of hydrogen-bond donors (Lipinski definition) is 1. The monoisotopic (exact) mass is 378 g/mol. The SMILES string of the molecule is Cc1ccc(-c2nn(-c3ccccc3)cc2C(=O)N2CCC(N)C(C)(C)C2)o1. The van der Waals surface area contributed by atoms with Crippen molar-refractivity contribution in [2.24, 2.45) is 11.1 Å². The number of carbonyl (C=O) groups excluding carboxylic acids is 1. The molecule has 2 N–H and O–H groups in total. The van der Waals surface area contributed by atoms with E-state index in [0.29, 0.717) is 30.1 Å².